The van der Waals surface area contributed by atoms with Gasteiger partial charge in [0.25, 0.3) is 0 Å². The van der Waals surface area contributed by atoms with Crippen LogP contribution in [0.4, 0.5) is 5.69 Å². The van der Waals surface area contributed by atoms with E-state index in [1.54, 1.807) is 0 Å². The summed E-state index contributed by atoms with van der Waals surface area (Å²) in [6.07, 6.45) is 0. The zero-order valence-electron chi connectivity index (χ0n) is 9.20. The Morgan fingerprint density at radius 2 is 1.75 bits per heavy atom. The molecular formula is C12H16Cl2N2. The molecule has 0 atom stereocenters. The van der Waals surface area contributed by atoms with Crippen LogP contribution in [-0.4, -0.2) is 43.5 Å². The molecule has 1 aliphatic heterocycles. The molecule has 0 amide bonds. The van der Waals surface area contributed by atoms with Crippen LogP contribution in [0.5, 0.6) is 0 Å². The third kappa shape index (κ3) is 2.82. The van der Waals surface area contributed by atoms with Crippen LogP contribution in [0, 0.1) is 0 Å². The van der Waals surface area contributed by atoms with E-state index in [1.807, 2.05) is 18.2 Å². The van der Waals surface area contributed by atoms with Crippen LogP contribution in [-0.2, 0) is 0 Å². The van der Waals surface area contributed by atoms with Crippen LogP contribution in [0.25, 0.3) is 0 Å². The van der Waals surface area contributed by atoms with Gasteiger partial charge in [-0.05, 0) is 12.1 Å². The third-order valence-electron chi connectivity index (χ3n) is 2.97. The molecule has 4 heteroatoms. The van der Waals surface area contributed by atoms with E-state index in [-0.39, 0.29) is 0 Å². The number of hydrogen-bond acceptors (Lipinski definition) is 2. The van der Waals surface area contributed by atoms with E-state index in [2.05, 4.69) is 15.9 Å². The number of nitrogens with zero attached hydrogens (tertiary/aromatic N) is 2. The highest BCUT2D eigenvalue weighted by molar-refractivity contribution is 6.33. The van der Waals surface area contributed by atoms with Crippen molar-refractivity contribution < 1.29 is 0 Å². The minimum atomic E-state index is 0.714. The number of anilines is 1. The Morgan fingerprint density at radius 1 is 1.06 bits per heavy atom. The molecule has 1 fully saturated rings. The van der Waals surface area contributed by atoms with Crippen molar-refractivity contribution in [3.8, 4) is 0 Å². The number of rotatable bonds is 3. The van der Waals surface area contributed by atoms with Crippen molar-refractivity contribution in [2.45, 2.75) is 0 Å². The second kappa shape index (κ2) is 5.76. The van der Waals surface area contributed by atoms with Crippen molar-refractivity contribution >= 4 is 28.9 Å². The fraction of sp³-hybridized carbons (Fsp3) is 0.500. The first-order valence-corrected chi connectivity index (χ1v) is 6.50. The van der Waals surface area contributed by atoms with Gasteiger partial charge in [-0.25, -0.2) is 0 Å². The lowest BCUT2D eigenvalue weighted by molar-refractivity contribution is 0.272. The van der Waals surface area contributed by atoms with E-state index in [0.29, 0.717) is 5.88 Å². The van der Waals surface area contributed by atoms with Crippen molar-refractivity contribution in [2.75, 3.05) is 43.5 Å². The summed E-state index contributed by atoms with van der Waals surface area (Å²) in [6, 6.07) is 8.03. The highest BCUT2D eigenvalue weighted by Gasteiger charge is 2.17. The van der Waals surface area contributed by atoms with Gasteiger partial charge in [0.05, 0.1) is 10.7 Å². The Hall–Kier alpha value is -0.440. The zero-order chi connectivity index (χ0) is 11.4. The van der Waals surface area contributed by atoms with Gasteiger partial charge in [0, 0.05) is 38.6 Å². The molecule has 2 nitrogen and oxygen atoms in total. The van der Waals surface area contributed by atoms with Crippen LogP contribution >= 0.6 is 23.2 Å². The molecule has 0 radical (unpaired) electrons. The van der Waals surface area contributed by atoms with E-state index in [1.165, 1.54) is 0 Å². The second-order valence-corrected chi connectivity index (χ2v) is 4.75. The molecule has 16 heavy (non-hydrogen) atoms. The molecule has 0 bridgehead atoms. The second-order valence-electron chi connectivity index (χ2n) is 3.97. The van der Waals surface area contributed by atoms with Crippen molar-refractivity contribution in [3.05, 3.63) is 29.3 Å². The van der Waals surface area contributed by atoms with E-state index in [9.17, 15) is 0 Å². The van der Waals surface area contributed by atoms with E-state index < -0.39 is 0 Å². The van der Waals surface area contributed by atoms with E-state index in [0.717, 1.165) is 43.4 Å². The molecule has 0 saturated carbocycles. The number of benzene rings is 1. The first-order valence-electron chi connectivity index (χ1n) is 5.59. The van der Waals surface area contributed by atoms with Crippen molar-refractivity contribution in [1.29, 1.82) is 0 Å². The van der Waals surface area contributed by atoms with Gasteiger partial charge in [0.1, 0.15) is 0 Å². The predicted octanol–water partition coefficient (Wildman–Crippen LogP) is 2.70. The number of hydrogen-bond donors (Lipinski definition) is 0. The molecule has 0 aliphatic carbocycles. The Bertz CT molecular complexity index is 336. The monoisotopic (exact) mass is 258 g/mol. The lowest BCUT2D eigenvalue weighted by Crippen LogP contribution is -2.47. The zero-order valence-corrected chi connectivity index (χ0v) is 10.7. The molecule has 88 valence electrons. The van der Waals surface area contributed by atoms with Gasteiger partial charge in [-0.2, -0.15) is 0 Å². The summed E-state index contributed by atoms with van der Waals surface area (Å²) in [5, 5.41) is 0.841. The average molecular weight is 259 g/mol. The van der Waals surface area contributed by atoms with Crippen molar-refractivity contribution in [3.63, 3.8) is 0 Å². The first kappa shape index (κ1) is 12.0. The molecule has 0 unspecified atom stereocenters. The third-order valence-corrected chi connectivity index (χ3v) is 3.45. The first-order chi connectivity index (χ1) is 7.81. The molecule has 2 rings (SSSR count). The summed E-state index contributed by atoms with van der Waals surface area (Å²) in [7, 11) is 0. The lowest BCUT2D eigenvalue weighted by Gasteiger charge is -2.36. The summed E-state index contributed by atoms with van der Waals surface area (Å²) < 4.78 is 0. The Labute approximate surface area is 107 Å². The molecule has 1 heterocycles. The fourth-order valence-corrected chi connectivity index (χ4v) is 2.53. The molecule has 0 spiro atoms. The number of alkyl halides is 1. The maximum atomic E-state index is 6.18. The maximum absolute atomic E-state index is 6.18. The molecule has 0 N–H and O–H groups in total. The number of piperazine rings is 1. The summed E-state index contributed by atoms with van der Waals surface area (Å²) in [5.41, 5.74) is 1.15. The van der Waals surface area contributed by atoms with E-state index >= 15 is 0 Å². The minimum Gasteiger partial charge on any atom is -0.368 e. The molecule has 1 aromatic carbocycles. The maximum Gasteiger partial charge on any atom is 0.0639 e. The smallest absolute Gasteiger partial charge is 0.0639 e. The summed E-state index contributed by atoms with van der Waals surface area (Å²) in [6.45, 7) is 5.18. The van der Waals surface area contributed by atoms with Gasteiger partial charge in [-0.1, -0.05) is 23.7 Å². The van der Waals surface area contributed by atoms with Gasteiger partial charge in [0.2, 0.25) is 0 Å². The van der Waals surface area contributed by atoms with Gasteiger partial charge in [-0.3, -0.25) is 4.90 Å². The quantitative estimate of drug-likeness (QED) is 0.770. The summed E-state index contributed by atoms with van der Waals surface area (Å²) >= 11 is 11.9. The summed E-state index contributed by atoms with van der Waals surface area (Å²) in [5.74, 6) is 0.714. The van der Waals surface area contributed by atoms with Crippen molar-refractivity contribution in [2.24, 2.45) is 0 Å². The van der Waals surface area contributed by atoms with Crippen LogP contribution < -0.4 is 4.90 Å². The van der Waals surface area contributed by atoms with Crippen LogP contribution in [0.3, 0.4) is 0 Å². The molecule has 1 saturated heterocycles. The molecule has 0 aromatic heterocycles. The van der Waals surface area contributed by atoms with Crippen LogP contribution in [0.1, 0.15) is 0 Å². The highest BCUT2D eigenvalue weighted by atomic mass is 35.5. The van der Waals surface area contributed by atoms with Gasteiger partial charge in [0.15, 0.2) is 0 Å². The summed E-state index contributed by atoms with van der Waals surface area (Å²) in [4.78, 5) is 4.73. The number of para-hydroxylation sites is 1. The van der Waals surface area contributed by atoms with Gasteiger partial charge < -0.3 is 4.90 Å². The van der Waals surface area contributed by atoms with Crippen LogP contribution in [0.2, 0.25) is 5.02 Å². The predicted molar refractivity (Wildman–Crippen MR) is 70.8 cm³/mol. The Balaban J connectivity index is 1.96. The van der Waals surface area contributed by atoms with E-state index in [4.69, 9.17) is 23.2 Å². The fourth-order valence-electron chi connectivity index (χ4n) is 2.04. The average Bonchev–Trinajstić information content (AvgIpc) is 2.31. The normalized spacial score (nSPS) is 17.8. The molecule has 1 aromatic rings. The minimum absolute atomic E-state index is 0.714. The molecular weight excluding hydrogens is 243 g/mol. The largest absolute Gasteiger partial charge is 0.368 e. The molecule has 1 aliphatic rings. The lowest BCUT2D eigenvalue weighted by atomic mass is 10.2. The topological polar surface area (TPSA) is 6.48 Å². The highest BCUT2D eigenvalue weighted by Crippen LogP contribution is 2.25. The van der Waals surface area contributed by atoms with Gasteiger partial charge >= 0.3 is 0 Å². The number of halogens is 2. The Kier molecular flexibility index (Phi) is 4.33. The SMILES string of the molecule is ClCCN1CCN(c2ccccc2Cl)CC1. The van der Waals surface area contributed by atoms with Gasteiger partial charge in [-0.15, -0.1) is 11.6 Å². The standard InChI is InChI=1S/C12H16Cl2N2/c13-5-6-15-7-9-16(10-8-15)12-4-2-1-3-11(12)14/h1-4H,5-10H2. The van der Waals surface area contributed by atoms with Crippen LogP contribution in [0.15, 0.2) is 24.3 Å². The van der Waals surface area contributed by atoms with Crippen molar-refractivity contribution in [1.82, 2.24) is 4.90 Å². The Morgan fingerprint density at radius 3 is 2.38 bits per heavy atom.